The highest BCUT2D eigenvalue weighted by Crippen LogP contribution is 2.30. The van der Waals surface area contributed by atoms with E-state index in [-0.39, 0.29) is 10.8 Å². The molecule has 2 aromatic carbocycles. The molecular formula is C17H10Cl3NO2. The zero-order chi connectivity index (χ0) is 16.4. The van der Waals surface area contributed by atoms with Crippen LogP contribution in [0.5, 0.6) is 0 Å². The van der Waals surface area contributed by atoms with E-state index in [0.717, 1.165) is 5.56 Å². The van der Waals surface area contributed by atoms with Gasteiger partial charge in [-0.1, -0.05) is 53.0 Å². The van der Waals surface area contributed by atoms with Crippen molar-refractivity contribution < 1.29 is 9.21 Å². The molecule has 1 heterocycles. The average Bonchev–Trinajstić information content (AvgIpc) is 3.02. The Morgan fingerprint density at radius 2 is 1.74 bits per heavy atom. The summed E-state index contributed by atoms with van der Waals surface area (Å²) in [5.41, 5.74) is 1.21. The third-order valence-corrected chi connectivity index (χ3v) is 4.19. The number of benzene rings is 2. The van der Waals surface area contributed by atoms with Gasteiger partial charge in [-0.25, -0.2) is 0 Å². The van der Waals surface area contributed by atoms with Gasteiger partial charge in [0, 0.05) is 10.6 Å². The number of carbonyl (C=O) groups excluding carboxylic acids is 1. The van der Waals surface area contributed by atoms with Gasteiger partial charge < -0.3 is 9.73 Å². The number of amides is 1. The van der Waals surface area contributed by atoms with Gasteiger partial charge in [-0.2, -0.15) is 0 Å². The lowest BCUT2D eigenvalue weighted by atomic mass is 10.2. The molecule has 116 valence electrons. The number of halogens is 3. The first kappa shape index (κ1) is 15.9. The van der Waals surface area contributed by atoms with E-state index in [0.29, 0.717) is 21.5 Å². The summed E-state index contributed by atoms with van der Waals surface area (Å²) in [6.45, 7) is 0. The molecule has 3 nitrogen and oxygen atoms in total. The van der Waals surface area contributed by atoms with Crippen molar-refractivity contribution in [2.45, 2.75) is 0 Å². The molecule has 3 rings (SSSR count). The first-order valence-electron chi connectivity index (χ1n) is 6.66. The van der Waals surface area contributed by atoms with Crippen LogP contribution in [-0.4, -0.2) is 5.91 Å². The standard InChI is InChI=1S/C17H10Cl3NO2/c18-11-4-1-3-10(9-11)14-7-8-15(23-14)17(22)21-13-6-2-5-12(19)16(13)20/h1-9H,(H,21,22). The predicted octanol–water partition coefficient (Wildman–Crippen LogP) is 6.16. The van der Waals surface area contributed by atoms with Crippen molar-refractivity contribution in [3.05, 3.63) is 75.4 Å². The highest BCUT2D eigenvalue weighted by Gasteiger charge is 2.14. The van der Waals surface area contributed by atoms with Crippen LogP contribution in [0.15, 0.2) is 59.0 Å². The van der Waals surface area contributed by atoms with Crippen molar-refractivity contribution in [3.63, 3.8) is 0 Å². The van der Waals surface area contributed by atoms with Crippen molar-refractivity contribution in [2.75, 3.05) is 5.32 Å². The molecule has 0 aliphatic rings. The molecule has 1 aromatic heterocycles. The number of furan rings is 1. The van der Waals surface area contributed by atoms with Crippen LogP contribution >= 0.6 is 34.8 Å². The maximum atomic E-state index is 12.3. The molecule has 0 saturated heterocycles. The van der Waals surface area contributed by atoms with Crippen LogP contribution in [-0.2, 0) is 0 Å². The topological polar surface area (TPSA) is 42.2 Å². The number of rotatable bonds is 3. The normalized spacial score (nSPS) is 10.6. The van der Waals surface area contributed by atoms with Crippen LogP contribution in [0.25, 0.3) is 11.3 Å². The van der Waals surface area contributed by atoms with E-state index in [1.165, 1.54) is 0 Å². The van der Waals surface area contributed by atoms with Crippen molar-refractivity contribution in [3.8, 4) is 11.3 Å². The zero-order valence-corrected chi connectivity index (χ0v) is 13.9. The van der Waals surface area contributed by atoms with Crippen LogP contribution in [0.3, 0.4) is 0 Å². The number of hydrogen-bond donors (Lipinski definition) is 1. The number of nitrogens with one attached hydrogen (secondary N) is 1. The van der Waals surface area contributed by atoms with Gasteiger partial charge in [0.15, 0.2) is 5.76 Å². The molecule has 0 spiro atoms. The van der Waals surface area contributed by atoms with E-state index in [2.05, 4.69) is 5.32 Å². The third-order valence-electron chi connectivity index (χ3n) is 3.14. The molecule has 0 fully saturated rings. The largest absolute Gasteiger partial charge is 0.451 e. The Balaban J connectivity index is 1.83. The Labute approximate surface area is 147 Å². The fraction of sp³-hybridized carbons (Fsp3) is 0. The molecule has 6 heteroatoms. The van der Waals surface area contributed by atoms with Crippen LogP contribution in [0.1, 0.15) is 10.6 Å². The monoisotopic (exact) mass is 365 g/mol. The van der Waals surface area contributed by atoms with Gasteiger partial charge in [0.05, 0.1) is 15.7 Å². The molecule has 3 aromatic rings. The minimum Gasteiger partial charge on any atom is -0.451 e. The molecule has 0 unspecified atom stereocenters. The lowest BCUT2D eigenvalue weighted by Crippen LogP contribution is -2.11. The van der Waals surface area contributed by atoms with Gasteiger partial charge >= 0.3 is 0 Å². The van der Waals surface area contributed by atoms with Gasteiger partial charge in [0.25, 0.3) is 5.91 Å². The van der Waals surface area contributed by atoms with E-state index in [1.807, 2.05) is 12.1 Å². The Morgan fingerprint density at radius 1 is 0.957 bits per heavy atom. The molecule has 23 heavy (non-hydrogen) atoms. The number of hydrogen-bond acceptors (Lipinski definition) is 2. The highest BCUT2D eigenvalue weighted by atomic mass is 35.5. The lowest BCUT2D eigenvalue weighted by Gasteiger charge is -2.06. The highest BCUT2D eigenvalue weighted by molar-refractivity contribution is 6.44. The van der Waals surface area contributed by atoms with Gasteiger partial charge in [-0.15, -0.1) is 0 Å². The number of anilines is 1. The summed E-state index contributed by atoms with van der Waals surface area (Å²) in [4.78, 5) is 12.3. The molecule has 0 radical (unpaired) electrons. The van der Waals surface area contributed by atoms with Gasteiger partial charge in [0.2, 0.25) is 0 Å². The van der Waals surface area contributed by atoms with Crippen LogP contribution < -0.4 is 5.32 Å². The Morgan fingerprint density at radius 3 is 2.52 bits per heavy atom. The SMILES string of the molecule is O=C(Nc1cccc(Cl)c1Cl)c1ccc(-c2cccc(Cl)c2)o1. The van der Waals surface area contributed by atoms with Crippen molar-refractivity contribution in [1.29, 1.82) is 0 Å². The van der Waals surface area contributed by atoms with E-state index in [4.69, 9.17) is 39.2 Å². The summed E-state index contributed by atoms with van der Waals surface area (Å²) in [5.74, 6) is 0.299. The number of carbonyl (C=O) groups is 1. The quantitative estimate of drug-likeness (QED) is 0.603. The second kappa shape index (κ2) is 6.67. The summed E-state index contributed by atoms with van der Waals surface area (Å²) in [7, 11) is 0. The predicted molar refractivity (Wildman–Crippen MR) is 93.6 cm³/mol. The second-order valence-corrected chi connectivity index (χ2v) is 5.95. The van der Waals surface area contributed by atoms with Crippen molar-refractivity contribution in [2.24, 2.45) is 0 Å². The van der Waals surface area contributed by atoms with Crippen molar-refractivity contribution in [1.82, 2.24) is 0 Å². The second-order valence-electron chi connectivity index (χ2n) is 4.73. The zero-order valence-electron chi connectivity index (χ0n) is 11.6. The smallest absolute Gasteiger partial charge is 0.291 e. The van der Waals surface area contributed by atoms with Crippen LogP contribution in [0.4, 0.5) is 5.69 Å². The molecule has 0 atom stereocenters. The summed E-state index contributed by atoms with van der Waals surface area (Å²) in [5, 5.41) is 3.91. The van der Waals surface area contributed by atoms with Gasteiger partial charge in [-0.05, 0) is 36.4 Å². The van der Waals surface area contributed by atoms with Crippen LogP contribution in [0.2, 0.25) is 15.1 Å². The maximum Gasteiger partial charge on any atom is 0.291 e. The van der Waals surface area contributed by atoms with E-state index in [1.54, 1.807) is 42.5 Å². The fourth-order valence-corrected chi connectivity index (χ4v) is 2.58. The molecule has 0 aliphatic carbocycles. The lowest BCUT2D eigenvalue weighted by molar-refractivity contribution is 0.0997. The Bertz CT molecular complexity index is 874. The van der Waals surface area contributed by atoms with Gasteiger partial charge in [0.1, 0.15) is 5.76 Å². The summed E-state index contributed by atoms with van der Waals surface area (Å²) < 4.78 is 5.58. The summed E-state index contributed by atoms with van der Waals surface area (Å²) in [6.07, 6.45) is 0. The third kappa shape index (κ3) is 3.53. The first-order valence-corrected chi connectivity index (χ1v) is 7.79. The molecule has 0 bridgehead atoms. The molecular weight excluding hydrogens is 357 g/mol. The van der Waals surface area contributed by atoms with E-state index >= 15 is 0 Å². The van der Waals surface area contributed by atoms with E-state index < -0.39 is 5.91 Å². The summed E-state index contributed by atoms with van der Waals surface area (Å²) in [6, 6.07) is 15.5. The van der Waals surface area contributed by atoms with Crippen LogP contribution in [0, 0.1) is 0 Å². The molecule has 0 saturated carbocycles. The Hall–Kier alpha value is -1.94. The minimum absolute atomic E-state index is 0.163. The molecule has 1 amide bonds. The summed E-state index contributed by atoms with van der Waals surface area (Å²) >= 11 is 17.9. The first-order chi connectivity index (χ1) is 11.0. The maximum absolute atomic E-state index is 12.3. The average molecular weight is 367 g/mol. The van der Waals surface area contributed by atoms with E-state index in [9.17, 15) is 4.79 Å². The minimum atomic E-state index is -0.414. The Kier molecular flexibility index (Phi) is 4.62. The fourth-order valence-electron chi connectivity index (χ4n) is 2.04. The molecule has 0 aliphatic heterocycles. The van der Waals surface area contributed by atoms with Crippen molar-refractivity contribution >= 4 is 46.4 Å². The van der Waals surface area contributed by atoms with Gasteiger partial charge in [-0.3, -0.25) is 4.79 Å². The molecule has 1 N–H and O–H groups in total.